The van der Waals surface area contributed by atoms with Crippen molar-refractivity contribution in [1.29, 1.82) is 0 Å². The van der Waals surface area contributed by atoms with E-state index in [9.17, 15) is 4.79 Å². The molecule has 1 aromatic carbocycles. The van der Waals surface area contributed by atoms with Crippen LogP contribution in [0.1, 0.15) is 23.2 Å². The number of hydrogen-bond acceptors (Lipinski definition) is 6. The van der Waals surface area contributed by atoms with Crippen LogP contribution < -0.4 is 4.90 Å². The van der Waals surface area contributed by atoms with Crippen LogP contribution in [-0.2, 0) is 4.74 Å². The van der Waals surface area contributed by atoms with Crippen LogP contribution in [0.3, 0.4) is 0 Å². The summed E-state index contributed by atoms with van der Waals surface area (Å²) in [6, 6.07) is 7.47. The molecule has 4 heterocycles. The van der Waals surface area contributed by atoms with Crippen molar-refractivity contribution < 1.29 is 9.53 Å². The summed E-state index contributed by atoms with van der Waals surface area (Å²) in [6.45, 7) is 4.29. The molecule has 2 saturated heterocycles. The molecule has 2 aliphatic heterocycles. The van der Waals surface area contributed by atoms with Gasteiger partial charge in [-0.25, -0.2) is 15.0 Å². The zero-order chi connectivity index (χ0) is 19.7. The first-order chi connectivity index (χ1) is 14.2. The van der Waals surface area contributed by atoms with Crippen LogP contribution in [0, 0.1) is 5.41 Å². The summed E-state index contributed by atoms with van der Waals surface area (Å²) in [5.74, 6) is 0.790. The van der Waals surface area contributed by atoms with Crippen molar-refractivity contribution >= 4 is 22.9 Å². The third kappa shape index (κ3) is 3.55. The number of imidazole rings is 1. The minimum atomic E-state index is -0.109. The first-order valence-corrected chi connectivity index (χ1v) is 10.0. The lowest BCUT2D eigenvalue weighted by atomic mass is 9.80. The number of carbonyl (C=O) groups excluding carboxylic acids is 1. The Morgan fingerprint density at radius 2 is 2.03 bits per heavy atom. The summed E-state index contributed by atoms with van der Waals surface area (Å²) < 4.78 is 5.97. The van der Waals surface area contributed by atoms with E-state index in [1.54, 1.807) is 18.7 Å². The number of nitrogens with zero attached hydrogens (tertiary/aromatic N) is 5. The smallest absolute Gasteiger partial charge is 0.253 e. The molecule has 1 N–H and O–H groups in total. The van der Waals surface area contributed by atoms with E-state index in [2.05, 4.69) is 24.8 Å². The maximum atomic E-state index is 13.2. The second-order valence-corrected chi connectivity index (χ2v) is 7.99. The number of ether oxygens (including phenoxy) is 1. The van der Waals surface area contributed by atoms with E-state index in [-0.39, 0.29) is 11.3 Å². The molecule has 5 rings (SSSR count). The SMILES string of the molecule is O=C(c1ccc2nc[nH]c2c1)N1CCC[C@]2(COCCN(c3ncccn3)C2)C1. The van der Waals surface area contributed by atoms with Crippen molar-refractivity contribution in [2.24, 2.45) is 5.41 Å². The summed E-state index contributed by atoms with van der Waals surface area (Å²) in [6.07, 6.45) is 7.18. The molecule has 2 aliphatic rings. The number of likely N-dealkylation sites (tertiary alicyclic amines) is 1. The number of piperidine rings is 1. The van der Waals surface area contributed by atoms with E-state index in [0.717, 1.165) is 49.5 Å². The van der Waals surface area contributed by atoms with E-state index in [4.69, 9.17) is 4.74 Å². The maximum absolute atomic E-state index is 13.2. The van der Waals surface area contributed by atoms with Gasteiger partial charge in [0.1, 0.15) is 0 Å². The molecule has 2 aromatic heterocycles. The van der Waals surface area contributed by atoms with Gasteiger partial charge in [0.15, 0.2) is 0 Å². The Morgan fingerprint density at radius 3 is 2.93 bits per heavy atom. The molecule has 0 unspecified atom stereocenters. The number of aromatic amines is 1. The Labute approximate surface area is 168 Å². The Bertz CT molecular complexity index is 1010. The average Bonchev–Trinajstić information content (AvgIpc) is 3.15. The predicted molar refractivity (Wildman–Crippen MR) is 109 cm³/mol. The van der Waals surface area contributed by atoms with Gasteiger partial charge in [0.2, 0.25) is 5.95 Å². The third-order valence-electron chi connectivity index (χ3n) is 5.89. The number of nitrogens with one attached hydrogen (secondary N) is 1. The van der Waals surface area contributed by atoms with Gasteiger partial charge in [0.25, 0.3) is 5.91 Å². The van der Waals surface area contributed by atoms with E-state index in [1.807, 2.05) is 29.2 Å². The highest BCUT2D eigenvalue weighted by Gasteiger charge is 2.41. The second kappa shape index (κ2) is 7.44. The van der Waals surface area contributed by atoms with Gasteiger partial charge in [0, 0.05) is 49.6 Å². The van der Waals surface area contributed by atoms with Crippen molar-refractivity contribution in [3.8, 4) is 0 Å². The number of rotatable bonds is 2. The predicted octanol–water partition coefficient (Wildman–Crippen LogP) is 2.11. The molecule has 1 atom stereocenters. The standard InChI is InChI=1S/C21H24N6O2/c28-19(16-3-4-17-18(11-16)25-15-24-17)26-8-1-5-21(12-26)13-27(9-10-29-14-21)20-22-6-2-7-23-20/h2-4,6-7,11,15H,1,5,8-10,12-14H2,(H,24,25)/t21-/m0/s1. The van der Waals surface area contributed by atoms with Crippen molar-refractivity contribution in [3.05, 3.63) is 48.5 Å². The topological polar surface area (TPSA) is 87.2 Å². The molecule has 0 bridgehead atoms. The first kappa shape index (κ1) is 18.1. The van der Waals surface area contributed by atoms with E-state index >= 15 is 0 Å². The molecule has 8 heteroatoms. The molecular formula is C21H24N6O2. The van der Waals surface area contributed by atoms with Crippen LogP contribution in [0.2, 0.25) is 0 Å². The molecule has 1 amide bonds. The molecular weight excluding hydrogens is 368 g/mol. The van der Waals surface area contributed by atoms with Crippen molar-refractivity contribution in [2.45, 2.75) is 12.8 Å². The highest BCUT2D eigenvalue weighted by atomic mass is 16.5. The van der Waals surface area contributed by atoms with E-state index in [1.165, 1.54) is 0 Å². The number of hydrogen-bond donors (Lipinski definition) is 1. The van der Waals surface area contributed by atoms with Gasteiger partial charge in [-0.15, -0.1) is 0 Å². The van der Waals surface area contributed by atoms with Gasteiger partial charge in [-0.2, -0.15) is 0 Å². The monoisotopic (exact) mass is 392 g/mol. The van der Waals surface area contributed by atoms with Gasteiger partial charge in [0.05, 0.1) is 30.6 Å². The fourth-order valence-corrected chi connectivity index (χ4v) is 4.50. The van der Waals surface area contributed by atoms with Gasteiger partial charge in [-0.05, 0) is 37.1 Å². The van der Waals surface area contributed by atoms with Crippen LogP contribution in [-0.4, -0.2) is 70.1 Å². The number of anilines is 1. The minimum absolute atomic E-state index is 0.0623. The van der Waals surface area contributed by atoms with Gasteiger partial charge in [-0.3, -0.25) is 4.79 Å². The van der Waals surface area contributed by atoms with Crippen LogP contribution in [0.4, 0.5) is 5.95 Å². The molecule has 29 heavy (non-hydrogen) atoms. The lowest BCUT2D eigenvalue weighted by Crippen LogP contribution is -2.52. The molecule has 150 valence electrons. The fraction of sp³-hybridized carbons (Fsp3) is 0.429. The Kier molecular flexibility index (Phi) is 4.63. The molecule has 0 saturated carbocycles. The molecule has 0 radical (unpaired) electrons. The van der Waals surface area contributed by atoms with Gasteiger partial charge < -0.3 is 19.5 Å². The molecule has 2 fully saturated rings. The van der Waals surface area contributed by atoms with Crippen LogP contribution in [0.25, 0.3) is 11.0 Å². The number of H-pyrrole nitrogens is 1. The normalized spacial score (nSPS) is 22.8. The number of aromatic nitrogens is 4. The molecule has 1 spiro atoms. The third-order valence-corrected chi connectivity index (χ3v) is 5.89. The first-order valence-electron chi connectivity index (χ1n) is 10.0. The number of fused-ring (bicyclic) bond motifs is 1. The Balaban J connectivity index is 1.37. The van der Waals surface area contributed by atoms with E-state index in [0.29, 0.717) is 25.3 Å². The van der Waals surface area contributed by atoms with Gasteiger partial charge >= 0.3 is 0 Å². The summed E-state index contributed by atoms with van der Waals surface area (Å²) in [4.78, 5) is 33.6. The summed E-state index contributed by atoms with van der Waals surface area (Å²) in [5.41, 5.74) is 2.33. The zero-order valence-electron chi connectivity index (χ0n) is 16.3. The number of amides is 1. The second-order valence-electron chi connectivity index (χ2n) is 7.99. The van der Waals surface area contributed by atoms with Crippen molar-refractivity contribution in [2.75, 3.05) is 44.3 Å². The number of carbonyl (C=O) groups is 1. The summed E-state index contributed by atoms with van der Waals surface area (Å²) >= 11 is 0. The average molecular weight is 392 g/mol. The quantitative estimate of drug-likeness (QED) is 0.719. The number of benzene rings is 1. The highest BCUT2D eigenvalue weighted by Crippen LogP contribution is 2.34. The molecule has 3 aromatic rings. The molecule has 8 nitrogen and oxygen atoms in total. The lowest BCUT2D eigenvalue weighted by Gasteiger charge is -2.43. The zero-order valence-corrected chi connectivity index (χ0v) is 16.3. The van der Waals surface area contributed by atoms with Crippen molar-refractivity contribution in [3.63, 3.8) is 0 Å². The van der Waals surface area contributed by atoms with E-state index < -0.39 is 0 Å². The lowest BCUT2D eigenvalue weighted by molar-refractivity contribution is 0.0135. The molecule has 0 aliphatic carbocycles. The summed E-state index contributed by atoms with van der Waals surface area (Å²) in [5, 5.41) is 0. The minimum Gasteiger partial charge on any atom is -0.379 e. The van der Waals surface area contributed by atoms with Gasteiger partial charge in [-0.1, -0.05) is 0 Å². The highest BCUT2D eigenvalue weighted by molar-refractivity contribution is 5.97. The Hall–Kier alpha value is -3.00. The Morgan fingerprint density at radius 1 is 1.14 bits per heavy atom. The van der Waals surface area contributed by atoms with Crippen LogP contribution in [0.5, 0.6) is 0 Å². The van der Waals surface area contributed by atoms with Crippen LogP contribution >= 0.6 is 0 Å². The maximum Gasteiger partial charge on any atom is 0.253 e. The summed E-state index contributed by atoms with van der Waals surface area (Å²) in [7, 11) is 0. The fourth-order valence-electron chi connectivity index (χ4n) is 4.50. The largest absolute Gasteiger partial charge is 0.379 e. The van der Waals surface area contributed by atoms with Crippen LogP contribution in [0.15, 0.2) is 43.0 Å². The van der Waals surface area contributed by atoms with Crippen molar-refractivity contribution in [1.82, 2.24) is 24.8 Å².